The number of aliphatic hydroxyl groups is 1. The van der Waals surface area contributed by atoms with Gasteiger partial charge in [0.1, 0.15) is 5.78 Å². The number of ketones is 1. The molecule has 0 aromatic carbocycles. The molecule has 0 spiro atoms. The minimum atomic E-state index is -0.452. The fraction of sp³-hybridized carbons (Fsp3) is 0.967. The van der Waals surface area contributed by atoms with Gasteiger partial charge in [0, 0.05) is 12.3 Å². The predicted octanol–water partition coefficient (Wildman–Crippen LogP) is 7.43. The molecule has 5 saturated carbocycles. The molecule has 0 aromatic heterocycles. The number of hydrogen-bond acceptors (Lipinski definition) is 2. The van der Waals surface area contributed by atoms with Crippen molar-refractivity contribution in [2.75, 3.05) is 0 Å². The molecule has 182 valence electrons. The quantitative estimate of drug-likeness (QED) is 0.423. The summed E-state index contributed by atoms with van der Waals surface area (Å²) in [5.74, 6) is 2.12. The number of hydrogen-bond donors (Lipinski definition) is 1. The number of rotatable bonds is 0. The summed E-state index contributed by atoms with van der Waals surface area (Å²) in [7, 11) is 0. The topological polar surface area (TPSA) is 37.3 Å². The van der Waals surface area contributed by atoms with Gasteiger partial charge in [-0.3, -0.25) is 4.79 Å². The zero-order valence-corrected chi connectivity index (χ0v) is 22.3. The summed E-state index contributed by atoms with van der Waals surface area (Å²) in [6.45, 7) is 20.1. The van der Waals surface area contributed by atoms with Crippen LogP contribution in [0, 0.1) is 56.2 Å². The minimum Gasteiger partial charge on any atom is -0.392 e. The Morgan fingerprint density at radius 1 is 0.750 bits per heavy atom. The van der Waals surface area contributed by atoms with Crippen molar-refractivity contribution in [3.63, 3.8) is 0 Å². The van der Waals surface area contributed by atoms with Gasteiger partial charge in [-0.05, 0) is 108 Å². The molecule has 5 rings (SSSR count). The normalized spacial score (nSPS) is 59.4. The maximum Gasteiger partial charge on any atom is 0.138 e. The van der Waals surface area contributed by atoms with Gasteiger partial charge < -0.3 is 5.11 Å². The van der Waals surface area contributed by atoms with Gasteiger partial charge in [0.2, 0.25) is 0 Å². The van der Waals surface area contributed by atoms with Crippen molar-refractivity contribution in [3.05, 3.63) is 0 Å². The third-order valence-corrected chi connectivity index (χ3v) is 13.7. The second kappa shape index (κ2) is 6.64. The molecule has 0 saturated heterocycles. The average Bonchev–Trinajstić information content (AvgIpc) is 2.69. The standard InChI is InChI=1S/C30H50O2/c1-19-20(31)17-21(32)24-27(19,5)10-9-22-28(24,6)14-16-30(8)23-18-25(2,3)11-12-26(23,4)13-15-29(22,30)7/h19,21-24,32H,9-18H2,1-8H3/t19-,21+,22?,23+,24+,26+,27+,28+,29+,30-/m0/s1. The molecule has 5 fully saturated rings. The van der Waals surface area contributed by atoms with Crippen LogP contribution in [0.3, 0.4) is 0 Å². The SMILES string of the molecule is C[C@H]1C(=O)C[C@@H](O)[C@@H]2[C@]1(C)CCC1[C@@]2(C)CC[C@@]2(C)[C@@H]3CC(C)(C)CC[C@]3(C)CC[C@]12C. The van der Waals surface area contributed by atoms with E-state index < -0.39 is 6.10 Å². The Balaban J connectivity index is 1.57. The predicted molar refractivity (Wildman–Crippen MR) is 131 cm³/mol. The maximum absolute atomic E-state index is 12.8. The molecule has 5 aliphatic carbocycles. The molecule has 1 unspecified atom stereocenters. The Morgan fingerprint density at radius 3 is 2.03 bits per heavy atom. The van der Waals surface area contributed by atoms with Crippen molar-refractivity contribution in [2.24, 2.45) is 56.2 Å². The number of aliphatic hydroxyl groups excluding tert-OH is 1. The third kappa shape index (κ3) is 2.71. The van der Waals surface area contributed by atoms with Crippen LogP contribution in [-0.4, -0.2) is 17.0 Å². The number of carbonyl (C=O) groups excluding carboxylic acids is 1. The van der Waals surface area contributed by atoms with Gasteiger partial charge in [0.25, 0.3) is 0 Å². The zero-order valence-electron chi connectivity index (χ0n) is 22.3. The van der Waals surface area contributed by atoms with Gasteiger partial charge >= 0.3 is 0 Å². The van der Waals surface area contributed by atoms with E-state index in [0.717, 1.165) is 12.3 Å². The molecule has 0 aliphatic heterocycles. The van der Waals surface area contributed by atoms with Crippen LogP contribution in [0.15, 0.2) is 0 Å². The van der Waals surface area contributed by atoms with Crippen molar-refractivity contribution in [1.82, 2.24) is 0 Å². The highest BCUT2D eigenvalue weighted by atomic mass is 16.3. The van der Waals surface area contributed by atoms with Crippen LogP contribution < -0.4 is 0 Å². The lowest BCUT2D eigenvalue weighted by Crippen LogP contribution is -2.69. The average molecular weight is 443 g/mol. The third-order valence-electron chi connectivity index (χ3n) is 13.7. The molecule has 2 heteroatoms. The second-order valence-electron chi connectivity index (χ2n) is 15.4. The Hall–Kier alpha value is -0.370. The smallest absolute Gasteiger partial charge is 0.138 e. The zero-order chi connectivity index (χ0) is 23.5. The lowest BCUT2D eigenvalue weighted by Gasteiger charge is -2.75. The van der Waals surface area contributed by atoms with E-state index in [0.29, 0.717) is 39.8 Å². The summed E-state index contributed by atoms with van der Waals surface area (Å²) in [5, 5.41) is 11.4. The molecule has 1 N–H and O–H groups in total. The summed E-state index contributed by atoms with van der Waals surface area (Å²) in [5.41, 5.74) is 1.80. The van der Waals surface area contributed by atoms with Crippen LogP contribution in [0.1, 0.15) is 120 Å². The molecular weight excluding hydrogens is 392 g/mol. The van der Waals surface area contributed by atoms with E-state index in [4.69, 9.17) is 0 Å². The lowest BCUT2D eigenvalue weighted by molar-refractivity contribution is -0.267. The Labute approximate surface area is 197 Å². The van der Waals surface area contributed by atoms with Crippen LogP contribution in [0.5, 0.6) is 0 Å². The molecular formula is C30H50O2. The molecule has 2 nitrogen and oxygen atoms in total. The van der Waals surface area contributed by atoms with Gasteiger partial charge in [-0.15, -0.1) is 0 Å². The van der Waals surface area contributed by atoms with Gasteiger partial charge in [-0.2, -0.15) is 0 Å². The van der Waals surface area contributed by atoms with E-state index in [-0.39, 0.29) is 22.7 Å². The highest BCUT2D eigenvalue weighted by molar-refractivity contribution is 5.83. The van der Waals surface area contributed by atoms with Gasteiger partial charge in [-0.1, -0.05) is 55.4 Å². The first-order valence-corrected chi connectivity index (χ1v) is 13.8. The van der Waals surface area contributed by atoms with E-state index >= 15 is 0 Å². The lowest BCUT2D eigenvalue weighted by atomic mass is 9.30. The van der Waals surface area contributed by atoms with Crippen LogP contribution in [0.2, 0.25) is 0 Å². The van der Waals surface area contributed by atoms with Crippen LogP contribution in [-0.2, 0) is 4.79 Å². The van der Waals surface area contributed by atoms with E-state index in [2.05, 4.69) is 55.4 Å². The Kier molecular flexibility index (Phi) is 4.85. The Morgan fingerprint density at radius 2 is 1.34 bits per heavy atom. The summed E-state index contributed by atoms with van der Waals surface area (Å²) in [6.07, 6.45) is 11.7. The van der Waals surface area contributed by atoms with Crippen molar-refractivity contribution in [1.29, 1.82) is 0 Å². The van der Waals surface area contributed by atoms with Crippen molar-refractivity contribution in [3.8, 4) is 0 Å². The first-order valence-electron chi connectivity index (χ1n) is 13.8. The molecule has 0 amide bonds. The van der Waals surface area contributed by atoms with E-state index in [1.54, 1.807) is 0 Å². The molecule has 5 aliphatic rings. The summed E-state index contributed by atoms with van der Waals surface area (Å²) in [4.78, 5) is 12.8. The van der Waals surface area contributed by atoms with E-state index in [1.807, 2.05) is 0 Å². The van der Waals surface area contributed by atoms with E-state index in [9.17, 15) is 9.90 Å². The summed E-state index contributed by atoms with van der Waals surface area (Å²) in [6, 6.07) is 0. The monoisotopic (exact) mass is 442 g/mol. The maximum atomic E-state index is 12.8. The van der Waals surface area contributed by atoms with Gasteiger partial charge in [-0.25, -0.2) is 0 Å². The van der Waals surface area contributed by atoms with Crippen molar-refractivity contribution in [2.45, 2.75) is 126 Å². The van der Waals surface area contributed by atoms with Gasteiger partial charge in [0.15, 0.2) is 0 Å². The fourth-order valence-corrected chi connectivity index (χ4v) is 11.3. The molecule has 0 aromatic rings. The van der Waals surface area contributed by atoms with Crippen LogP contribution >= 0.6 is 0 Å². The molecule has 0 radical (unpaired) electrons. The first kappa shape index (κ1) is 23.4. The second-order valence-corrected chi connectivity index (χ2v) is 15.4. The highest BCUT2D eigenvalue weighted by Gasteiger charge is 2.71. The number of Topliss-reactive ketones (excluding diaryl/α,β-unsaturated/α-hetero) is 1. The van der Waals surface area contributed by atoms with Crippen molar-refractivity contribution >= 4 is 5.78 Å². The van der Waals surface area contributed by atoms with Crippen molar-refractivity contribution < 1.29 is 9.90 Å². The van der Waals surface area contributed by atoms with Crippen LogP contribution in [0.25, 0.3) is 0 Å². The largest absolute Gasteiger partial charge is 0.392 e. The summed E-state index contributed by atoms with van der Waals surface area (Å²) < 4.78 is 0. The van der Waals surface area contributed by atoms with E-state index in [1.165, 1.54) is 51.4 Å². The van der Waals surface area contributed by atoms with Gasteiger partial charge in [0.05, 0.1) is 6.10 Å². The molecule has 10 atom stereocenters. The number of fused-ring (bicyclic) bond motifs is 7. The Bertz CT molecular complexity index is 816. The van der Waals surface area contributed by atoms with Crippen LogP contribution in [0.4, 0.5) is 0 Å². The minimum absolute atomic E-state index is 0.0416. The summed E-state index contributed by atoms with van der Waals surface area (Å²) >= 11 is 0. The molecule has 0 heterocycles. The fourth-order valence-electron chi connectivity index (χ4n) is 11.3. The first-order chi connectivity index (χ1) is 14.6. The highest BCUT2D eigenvalue weighted by Crippen LogP contribution is 2.78. The molecule has 0 bridgehead atoms. The number of carbonyl (C=O) groups is 1. The molecule has 32 heavy (non-hydrogen) atoms.